The molecule has 0 fully saturated rings. The van der Waals surface area contributed by atoms with E-state index in [4.69, 9.17) is 4.74 Å². The number of halogens is 2. The Balaban J connectivity index is 2.08. The van der Waals surface area contributed by atoms with Gasteiger partial charge in [-0.3, -0.25) is 0 Å². The molecule has 94 valence electrons. The molecule has 0 amide bonds. The number of carbonyl (C=O) groups is 1. The zero-order valence-corrected chi connectivity index (χ0v) is 12.5. The second-order valence-corrected chi connectivity index (χ2v) is 5.09. The van der Waals surface area contributed by atoms with Gasteiger partial charge < -0.3 is 9.30 Å². The monoisotopic (exact) mass is 374 g/mol. The summed E-state index contributed by atoms with van der Waals surface area (Å²) in [5, 5.41) is 7.52. The van der Waals surface area contributed by atoms with E-state index in [1.165, 1.54) is 6.20 Å². The quantitative estimate of drug-likeness (QED) is 0.606. The number of esters is 1. The average molecular weight is 376 g/mol. The maximum Gasteiger partial charge on any atom is 0.339 e. The van der Waals surface area contributed by atoms with E-state index in [0.29, 0.717) is 20.5 Å². The van der Waals surface area contributed by atoms with Gasteiger partial charge in [0.15, 0.2) is 12.4 Å². The van der Waals surface area contributed by atoms with Crippen molar-refractivity contribution in [1.82, 2.24) is 19.7 Å². The fourth-order valence-electron chi connectivity index (χ4n) is 1.22. The summed E-state index contributed by atoms with van der Waals surface area (Å²) in [5.74, 6) is 0.126. The van der Waals surface area contributed by atoms with Crippen molar-refractivity contribution in [2.75, 3.05) is 0 Å². The third-order valence-corrected chi connectivity index (χ3v) is 3.24. The molecule has 0 aromatic carbocycles. The molecule has 0 saturated heterocycles. The molecule has 0 spiro atoms. The Bertz CT molecular complexity index is 585. The van der Waals surface area contributed by atoms with Crippen molar-refractivity contribution in [2.24, 2.45) is 7.05 Å². The normalized spacial score (nSPS) is 10.4. The molecule has 0 aliphatic carbocycles. The fraction of sp³-hybridized carbons (Fsp3) is 0.200. The number of aromatic nitrogens is 4. The van der Waals surface area contributed by atoms with Crippen molar-refractivity contribution in [1.29, 1.82) is 0 Å². The van der Waals surface area contributed by atoms with Gasteiger partial charge in [0.05, 0.1) is 10.0 Å². The highest BCUT2D eigenvalue weighted by Crippen LogP contribution is 2.20. The Kier molecular flexibility index (Phi) is 4.07. The molecular weight excluding hydrogens is 368 g/mol. The van der Waals surface area contributed by atoms with E-state index < -0.39 is 5.97 Å². The minimum absolute atomic E-state index is 0.0711. The van der Waals surface area contributed by atoms with E-state index in [1.807, 2.05) is 0 Å². The Labute approximate surface area is 120 Å². The predicted octanol–water partition coefficient (Wildman–Crippen LogP) is 2.09. The molecule has 18 heavy (non-hydrogen) atoms. The first kappa shape index (κ1) is 13.2. The molecule has 0 aliphatic heterocycles. The number of hydrogen-bond donors (Lipinski definition) is 0. The van der Waals surface area contributed by atoms with Crippen LogP contribution in [0.2, 0.25) is 0 Å². The van der Waals surface area contributed by atoms with Gasteiger partial charge in [0.1, 0.15) is 10.9 Å². The van der Waals surface area contributed by atoms with Gasteiger partial charge in [-0.05, 0) is 37.9 Å². The smallest absolute Gasteiger partial charge is 0.339 e. The zero-order chi connectivity index (χ0) is 13.1. The second kappa shape index (κ2) is 5.57. The SMILES string of the molecule is Cn1cnnc1COC(=O)c1cc(Br)ncc1Br. The molecule has 2 heterocycles. The van der Waals surface area contributed by atoms with Crippen molar-refractivity contribution in [3.05, 3.63) is 39.1 Å². The first-order valence-electron chi connectivity index (χ1n) is 4.89. The molecular formula is C10H8Br2N4O2. The van der Waals surface area contributed by atoms with Gasteiger partial charge >= 0.3 is 5.97 Å². The van der Waals surface area contributed by atoms with E-state index in [9.17, 15) is 4.79 Å². The Morgan fingerprint density at radius 1 is 1.50 bits per heavy atom. The number of ether oxygens (including phenoxy) is 1. The second-order valence-electron chi connectivity index (χ2n) is 3.42. The van der Waals surface area contributed by atoms with Gasteiger partial charge in [0, 0.05) is 13.2 Å². The van der Waals surface area contributed by atoms with Crippen LogP contribution in [0.4, 0.5) is 0 Å². The maximum atomic E-state index is 11.9. The van der Waals surface area contributed by atoms with Crippen LogP contribution < -0.4 is 0 Å². The number of nitrogens with zero attached hydrogens (tertiary/aromatic N) is 4. The van der Waals surface area contributed by atoms with Crippen molar-refractivity contribution >= 4 is 37.8 Å². The Morgan fingerprint density at radius 2 is 2.28 bits per heavy atom. The van der Waals surface area contributed by atoms with Crippen LogP contribution in [-0.4, -0.2) is 25.7 Å². The predicted molar refractivity (Wildman–Crippen MR) is 69.8 cm³/mol. The van der Waals surface area contributed by atoms with Crippen LogP contribution in [0, 0.1) is 0 Å². The molecule has 8 heteroatoms. The highest BCUT2D eigenvalue weighted by Gasteiger charge is 2.14. The average Bonchev–Trinajstić information content (AvgIpc) is 2.75. The number of pyridine rings is 1. The summed E-state index contributed by atoms with van der Waals surface area (Å²) in [6.45, 7) is 0.0711. The maximum absolute atomic E-state index is 11.9. The van der Waals surface area contributed by atoms with Crippen molar-refractivity contribution in [2.45, 2.75) is 6.61 Å². The first-order chi connectivity index (χ1) is 8.58. The number of carbonyl (C=O) groups excluding carboxylic acids is 1. The lowest BCUT2D eigenvalue weighted by atomic mass is 10.3. The molecule has 0 atom stereocenters. The topological polar surface area (TPSA) is 69.9 Å². The lowest BCUT2D eigenvalue weighted by molar-refractivity contribution is 0.0457. The summed E-state index contributed by atoms with van der Waals surface area (Å²) >= 11 is 6.45. The van der Waals surface area contributed by atoms with Crippen LogP contribution in [0.1, 0.15) is 16.2 Å². The van der Waals surface area contributed by atoms with Gasteiger partial charge in [-0.1, -0.05) is 0 Å². The Hall–Kier alpha value is -1.28. The van der Waals surface area contributed by atoms with E-state index in [-0.39, 0.29) is 6.61 Å². The highest BCUT2D eigenvalue weighted by atomic mass is 79.9. The van der Waals surface area contributed by atoms with Gasteiger partial charge in [0.25, 0.3) is 0 Å². The van der Waals surface area contributed by atoms with Crippen LogP contribution in [0.25, 0.3) is 0 Å². The fourth-order valence-corrected chi connectivity index (χ4v) is 1.93. The van der Waals surface area contributed by atoms with Crippen LogP contribution in [0.3, 0.4) is 0 Å². The number of aryl methyl sites for hydroxylation is 1. The molecule has 2 aromatic rings. The molecule has 0 radical (unpaired) electrons. The minimum Gasteiger partial charge on any atom is -0.454 e. The lowest BCUT2D eigenvalue weighted by Crippen LogP contribution is -2.09. The summed E-state index contributed by atoms with van der Waals surface area (Å²) in [7, 11) is 1.78. The summed E-state index contributed by atoms with van der Waals surface area (Å²) < 4.78 is 7.98. The van der Waals surface area contributed by atoms with Crippen molar-refractivity contribution in [3.8, 4) is 0 Å². The van der Waals surface area contributed by atoms with E-state index >= 15 is 0 Å². The lowest BCUT2D eigenvalue weighted by Gasteiger charge is -2.06. The minimum atomic E-state index is -0.451. The summed E-state index contributed by atoms with van der Waals surface area (Å²) in [6, 6.07) is 1.59. The van der Waals surface area contributed by atoms with Gasteiger partial charge in [-0.15, -0.1) is 10.2 Å². The van der Waals surface area contributed by atoms with Gasteiger partial charge in [0.2, 0.25) is 0 Å². The van der Waals surface area contributed by atoms with Crippen LogP contribution in [-0.2, 0) is 18.4 Å². The molecule has 2 aromatic heterocycles. The molecule has 0 aliphatic rings. The van der Waals surface area contributed by atoms with Gasteiger partial charge in [-0.2, -0.15) is 0 Å². The first-order valence-corrected chi connectivity index (χ1v) is 6.47. The van der Waals surface area contributed by atoms with Crippen LogP contribution in [0.5, 0.6) is 0 Å². The molecule has 0 N–H and O–H groups in total. The standard InChI is InChI=1S/C10H8Br2N4O2/c1-16-5-14-15-9(16)4-18-10(17)6-2-8(12)13-3-7(6)11/h2-3,5H,4H2,1H3. The summed E-state index contributed by atoms with van der Waals surface area (Å²) in [6.07, 6.45) is 3.07. The van der Waals surface area contributed by atoms with Crippen molar-refractivity contribution in [3.63, 3.8) is 0 Å². The van der Waals surface area contributed by atoms with Crippen LogP contribution >= 0.6 is 31.9 Å². The van der Waals surface area contributed by atoms with Crippen molar-refractivity contribution < 1.29 is 9.53 Å². The third-order valence-electron chi connectivity index (χ3n) is 2.18. The highest BCUT2D eigenvalue weighted by molar-refractivity contribution is 9.11. The number of hydrogen-bond acceptors (Lipinski definition) is 5. The Morgan fingerprint density at radius 3 is 2.94 bits per heavy atom. The largest absolute Gasteiger partial charge is 0.454 e. The van der Waals surface area contributed by atoms with E-state index in [2.05, 4.69) is 47.0 Å². The van der Waals surface area contributed by atoms with Gasteiger partial charge in [-0.25, -0.2) is 9.78 Å². The van der Waals surface area contributed by atoms with E-state index in [0.717, 1.165) is 0 Å². The zero-order valence-electron chi connectivity index (χ0n) is 9.30. The third kappa shape index (κ3) is 2.94. The molecule has 0 unspecified atom stereocenters. The molecule has 6 nitrogen and oxygen atoms in total. The van der Waals surface area contributed by atoms with E-state index in [1.54, 1.807) is 24.0 Å². The number of rotatable bonds is 3. The van der Waals surface area contributed by atoms with Crippen LogP contribution in [0.15, 0.2) is 27.7 Å². The molecule has 0 bridgehead atoms. The summed E-state index contributed by atoms with van der Waals surface area (Å²) in [5.41, 5.74) is 0.402. The molecule has 2 rings (SSSR count). The molecule has 0 saturated carbocycles. The summed E-state index contributed by atoms with van der Waals surface area (Å²) in [4.78, 5) is 15.8.